The van der Waals surface area contributed by atoms with Crippen LogP contribution in [-0.2, 0) is 4.74 Å². The second-order valence-corrected chi connectivity index (χ2v) is 5.13. The third-order valence-corrected chi connectivity index (χ3v) is 3.33. The van der Waals surface area contributed by atoms with Gasteiger partial charge in [-0.3, -0.25) is 11.3 Å². The molecular weight excluding hydrogens is 306 g/mol. The zero-order valence-electron chi connectivity index (χ0n) is 10.3. The van der Waals surface area contributed by atoms with Crippen LogP contribution in [0.1, 0.15) is 24.9 Å². The zero-order valence-corrected chi connectivity index (χ0v) is 11.9. The first-order valence-corrected chi connectivity index (χ1v) is 6.39. The Balaban J connectivity index is 2.98. The fraction of sp³-hybridized carbons (Fsp3) is 0.500. The highest BCUT2D eigenvalue weighted by molar-refractivity contribution is 9.10. The van der Waals surface area contributed by atoms with Crippen molar-refractivity contribution in [2.75, 3.05) is 13.7 Å². The Morgan fingerprint density at radius 2 is 2.11 bits per heavy atom. The van der Waals surface area contributed by atoms with Crippen molar-refractivity contribution in [3.8, 4) is 0 Å². The van der Waals surface area contributed by atoms with Crippen LogP contribution in [0.5, 0.6) is 0 Å². The minimum Gasteiger partial charge on any atom is -0.384 e. The predicted molar refractivity (Wildman–Crippen MR) is 69.8 cm³/mol. The third kappa shape index (κ3) is 3.71. The molecule has 18 heavy (non-hydrogen) atoms. The van der Waals surface area contributed by atoms with Gasteiger partial charge < -0.3 is 4.74 Å². The monoisotopic (exact) mass is 322 g/mol. The van der Waals surface area contributed by atoms with E-state index in [0.29, 0.717) is 13.0 Å². The fourth-order valence-electron chi connectivity index (χ4n) is 1.89. The number of halogens is 3. The Labute approximate surface area is 114 Å². The van der Waals surface area contributed by atoms with Crippen molar-refractivity contribution >= 4 is 15.9 Å². The maximum atomic E-state index is 13.9. The summed E-state index contributed by atoms with van der Waals surface area (Å²) in [6.07, 6.45) is 0.481. The minimum absolute atomic E-state index is 0.0465. The molecule has 1 aromatic carbocycles. The second kappa shape index (κ2) is 7.13. The van der Waals surface area contributed by atoms with Gasteiger partial charge in [-0.25, -0.2) is 8.78 Å². The summed E-state index contributed by atoms with van der Waals surface area (Å²) in [6, 6.07) is 1.96. The highest BCUT2D eigenvalue weighted by atomic mass is 79.9. The predicted octanol–water partition coefficient (Wildman–Crippen LogP) is 2.90. The van der Waals surface area contributed by atoms with E-state index in [1.54, 1.807) is 7.11 Å². The van der Waals surface area contributed by atoms with Gasteiger partial charge in [0, 0.05) is 19.3 Å². The van der Waals surface area contributed by atoms with Crippen molar-refractivity contribution < 1.29 is 13.5 Å². The number of rotatable bonds is 6. The summed E-state index contributed by atoms with van der Waals surface area (Å²) in [5.74, 6) is 4.30. The van der Waals surface area contributed by atoms with E-state index in [1.807, 2.05) is 6.92 Å². The molecule has 0 fully saturated rings. The second-order valence-electron chi connectivity index (χ2n) is 4.27. The van der Waals surface area contributed by atoms with E-state index in [9.17, 15) is 8.78 Å². The quantitative estimate of drug-likeness (QED) is 0.481. The molecule has 0 aliphatic carbocycles. The van der Waals surface area contributed by atoms with Crippen LogP contribution in [0.2, 0.25) is 0 Å². The molecule has 0 saturated heterocycles. The molecule has 102 valence electrons. The summed E-state index contributed by atoms with van der Waals surface area (Å²) in [5.41, 5.74) is 2.41. The molecule has 0 bridgehead atoms. The molecule has 0 aromatic heterocycles. The molecule has 1 aromatic rings. The van der Waals surface area contributed by atoms with Crippen LogP contribution < -0.4 is 11.3 Å². The number of methoxy groups -OCH3 is 1. The highest BCUT2D eigenvalue weighted by Gasteiger charge is 2.22. The molecule has 0 radical (unpaired) electrons. The Morgan fingerprint density at radius 1 is 1.44 bits per heavy atom. The van der Waals surface area contributed by atoms with Crippen LogP contribution in [0.25, 0.3) is 0 Å². The van der Waals surface area contributed by atoms with Crippen molar-refractivity contribution in [2.24, 2.45) is 11.8 Å². The van der Waals surface area contributed by atoms with E-state index < -0.39 is 17.7 Å². The van der Waals surface area contributed by atoms with Gasteiger partial charge in [0.2, 0.25) is 0 Å². The van der Waals surface area contributed by atoms with Crippen LogP contribution in [-0.4, -0.2) is 13.7 Å². The maximum absolute atomic E-state index is 13.9. The van der Waals surface area contributed by atoms with Gasteiger partial charge in [-0.2, -0.15) is 0 Å². The Hall–Kier alpha value is -0.560. The lowest BCUT2D eigenvalue weighted by Gasteiger charge is -2.21. The molecule has 0 aliphatic heterocycles. The van der Waals surface area contributed by atoms with Crippen LogP contribution in [0, 0.1) is 17.6 Å². The summed E-state index contributed by atoms with van der Waals surface area (Å²) >= 11 is 3.04. The van der Waals surface area contributed by atoms with E-state index in [4.69, 9.17) is 10.6 Å². The summed E-state index contributed by atoms with van der Waals surface area (Å²) in [5, 5.41) is 0. The van der Waals surface area contributed by atoms with Crippen molar-refractivity contribution in [3.05, 3.63) is 33.8 Å². The van der Waals surface area contributed by atoms with E-state index in [-0.39, 0.29) is 16.0 Å². The standard InChI is InChI=1S/C12H17BrF2N2O/c1-7(6-18-2)5-10(17-16)11-9(14)4-3-8(13)12(11)15/h3-4,7,10,17H,5-6,16H2,1-2H3. The van der Waals surface area contributed by atoms with Crippen LogP contribution in [0.4, 0.5) is 8.78 Å². The number of nitrogens with two attached hydrogens (primary N) is 1. The van der Waals surface area contributed by atoms with Gasteiger partial charge in [-0.05, 0) is 40.4 Å². The van der Waals surface area contributed by atoms with Gasteiger partial charge in [0.15, 0.2) is 0 Å². The lowest BCUT2D eigenvalue weighted by Crippen LogP contribution is -2.31. The lowest BCUT2D eigenvalue weighted by atomic mass is 9.96. The Morgan fingerprint density at radius 3 is 2.67 bits per heavy atom. The summed E-state index contributed by atoms with van der Waals surface area (Å²) < 4.78 is 32.9. The summed E-state index contributed by atoms with van der Waals surface area (Å²) in [6.45, 7) is 2.44. The maximum Gasteiger partial charge on any atom is 0.145 e. The number of hydrogen-bond acceptors (Lipinski definition) is 3. The molecule has 0 aliphatic rings. The lowest BCUT2D eigenvalue weighted by molar-refractivity contribution is 0.148. The average Bonchev–Trinajstić information content (AvgIpc) is 2.33. The number of hydrazine groups is 1. The largest absolute Gasteiger partial charge is 0.384 e. The molecule has 2 unspecified atom stereocenters. The van der Waals surface area contributed by atoms with Crippen molar-refractivity contribution in [1.82, 2.24) is 5.43 Å². The van der Waals surface area contributed by atoms with Crippen molar-refractivity contribution in [2.45, 2.75) is 19.4 Å². The Kier molecular flexibility index (Phi) is 6.14. The van der Waals surface area contributed by atoms with Crippen molar-refractivity contribution in [3.63, 3.8) is 0 Å². The van der Waals surface area contributed by atoms with E-state index in [1.165, 1.54) is 12.1 Å². The first kappa shape index (κ1) is 15.5. The van der Waals surface area contributed by atoms with E-state index >= 15 is 0 Å². The van der Waals surface area contributed by atoms with Gasteiger partial charge in [-0.15, -0.1) is 0 Å². The normalized spacial score (nSPS) is 14.6. The van der Waals surface area contributed by atoms with E-state index in [2.05, 4.69) is 21.4 Å². The average molecular weight is 323 g/mol. The molecule has 6 heteroatoms. The third-order valence-electron chi connectivity index (χ3n) is 2.72. The molecule has 1 rings (SSSR count). The molecule has 3 nitrogen and oxygen atoms in total. The molecule has 0 saturated carbocycles. The van der Waals surface area contributed by atoms with Gasteiger partial charge >= 0.3 is 0 Å². The van der Waals surface area contributed by atoms with Gasteiger partial charge in [0.25, 0.3) is 0 Å². The summed E-state index contributed by atoms with van der Waals surface area (Å²) in [4.78, 5) is 0. The smallest absolute Gasteiger partial charge is 0.145 e. The molecule has 2 atom stereocenters. The minimum atomic E-state index is -0.623. The van der Waals surface area contributed by atoms with Gasteiger partial charge in [0.05, 0.1) is 10.5 Å². The number of nitrogens with one attached hydrogen (secondary N) is 1. The number of hydrogen-bond donors (Lipinski definition) is 2. The Bertz CT molecular complexity index is 404. The topological polar surface area (TPSA) is 47.3 Å². The van der Waals surface area contributed by atoms with Crippen LogP contribution in [0.15, 0.2) is 16.6 Å². The van der Waals surface area contributed by atoms with Gasteiger partial charge in [-0.1, -0.05) is 6.92 Å². The van der Waals surface area contributed by atoms with Crippen LogP contribution >= 0.6 is 15.9 Å². The number of benzene rings is 1. The first-order valence-electron chi connectivity index (χ1n) is 5.59. The first-order chi connectivity index (χ1) is 8.51. The molecule has 0 heterocycles. The molecule has 3 N–H and O–H groups in total. The fourth-order valence-corrected chi connectivity index (χ4v) is 2.23. The highest BCUT2D eigenvalue weighted by Crippen LogP contribution is 2.29. The van der Waals surface area contributed by atoms with Crippen molar-refractivity contribution in [1.29, 1.82) is 0 Å². The summed E-state index contributed by atoms with van der Waals surface area (Å²) in [7, 11) is 1.58. The van der Waals surface area contributed by atoms with E-state index in [0.717, 1.165) is 0 Å². The zero-order chi connectivity index (χ0) is 13.7. The SMILES string of the molecule is COCC(C)CC(NN)c1c(F)ccc(Br)c1F. The van der Waals surface area contributed by atoms with Crippen LogP contribution in [0.3, 0.4) is 0 Å². The molecule has 0 spiro atoms. The number of ether oxygens (including phenoxy) is 1. The van der Waals surface area contributed by atoms with Gasteiger partial charge in [0.1, 0.15) is 11.6 Å². The molecular formula is C12H17BrF2N2O. The molecule has 0 amide bonds.